The Morgan fingerprint density at radius 1 is 1.30 bits per heavy atom. The van der Waals surface area contributed by atoms with Crippen molar-refractivity contribution in [1.82, 2.24) is 5.32 Å². The predicted octanol–water partition coefficient (Wildman–Crippen LogP) is 1.67. The highest BCUT2D eigenvalue weighted by Gasteiger charge is 2.36. The first-order valence-electron chi connectivity index (χ1n) is 6.57. The van der Waals surface area contributed by atoms with Crippen molar-refractivity contribution in [1.29, 1.82) is 0 Å². The van der Waals surface area contributed by atoms with E-state index in [1.165, 1.54) is 0 Å². The lowest BCUT2D eigenvalue weighted by Gasteiger charge is -2.31. The maximum absolute atomic E-state index is 12.3. The number of carbonyl (C=O) groups is 2. The summed E-state index contributed by atoms with van der Waals surface area (Å²) in [6, 6.07) is 5.84. The van der Waals surface area contributed by atoms with Gasteiger partial charge in [0.15, 0.2) is 0 Å². The molecule has 1 unspecified atom stereocenters. The lowest BCUT2D eigenvalue weighted by Crippen LogP contribution is -2.48. The Bertz CT molecular complexity index is 533. The smallest absolute Gasteiger partial charge is 0.328 e. The number of rotatable bonds is 2. The Kier molecular flexibility index (Phi) is 3.81. The normalized spacial score (nSPS) is 21.9. The number of nitrogens with one attached hydrogen (secondary N) is 1. The van der Waals surface area contributed by atoms with Crippen molar-refractivity contribution in [2.45, 2.75) is 44.9 Å². The van der Waals surface area contributed by atoms with Crippen LogP contribution in [0.25, 0.3) is 0 Å². The molecule has 2 rings (SSSR count). The fraction of sp³-hybridized carbons (Fsp3) is 0.467. The van der Waals surface area contributed by atoms with Gasteiger partial charge in [-0.05, 0) is 38.3 Å². The SMILES string of the molecule is CC(C)(C)OC(=O)[C@H]1NC(C(=O)O)Cc2ccccc21. The maximum Gasteiger partial charge on any atom is 0.328 e. The topological polar surface area (TPSA) is 75.6 Å². The van der Waals surface area contributed by atoms with Gasteiger partial charge in [-0.2, -0.15) is 0 Å². The van der Waals surface area contributed by atoms with E-state index in [1.54, 1.807) is 20.8 Å². The Morgan fingerprint density at radius 2 is 1.95 bits per heavy atom. The van der Waals surface area contributed by atoms with Crippen LogP contribution in [0, 0.1) is 0 Å². The van der Waals surface area contributed by atoms with Crippen LogP contribution in [0.15, 0.2) is 24.3 Å². The lowest BCUT2D eigenvalue weighted by molar-refractivity contribution is -0.158. The molecule has 20 heavy (non-hydrogen) atoms. The minimum absolute atomic E-state index is 0.366. The molecule has 0 aromatic heterocycles. The summed E-state index contributed by atoms with van der Waals surface area (Å²) in [5.41, 5.74) is 1.05. The summed E-state index contributed by atoms with van der Waals surface area (Å²) < 4.78 is 5.37. The van der Waals surface area contributed by atoms with E-state index in [-0.39, 0.29) is 0 Å². The van der Waals surface area contributed by atoms with Crippen LogP contribution in [0.5, 0.6) is 0 Å². The summed E-state index contributed by atoms with van der Waals surface area (Å²) in [7, 11) is 0. The highest BCUT2D eigenvalue weighted by Crippen LogP contribution is 2.27. The van der Waals surface area contributed by atoms with Crippen LogP contribution >= 0.6 is 0 Å². The third-order valence-electron chi connectivity index (χ3n) is 3.10. The van der Waals surface area contributed by atoms with E-state index in [1.807, 2.05) is 24.3 Å². The number of esters is 1. The third-order valence-corrected chi connectivity index (χ3v) is 3.10. The molecule has 1 aliphatic heterocycles. The second-order valence-electron chi connectivity index (χ2n) is 5.93. The largest absolute Gasteiger partial charge is 0.480 e. The van der Waals surface area contributed by atoms with Gasteiger partial charge >= 0.3 is 11.9 Å². The summed E-state index contributed by atoms with van der Waals surface area (Å²) >= 11 is 0. The minimum Gasteiger partial charge on any atom is -0.480 e. The summed E-state index contributed by atoms with van der Waals surface area (Å²) in [6.45, 7) is 5.36. The molecule has 0 fully saturated rings. The zero-order chi connectivity index (χ0) is 14.9. The average Bonchev–Trinajstić information content (AvgIpc) is 2.35. The fourth-order valence-electron chi connectivity index (χ4n) is 2.29. The van der Waals surface area contributed by atoms with E-state index in [4.69, 9.17) is 4.74 Å². The summed E-state index contributed by atoms with van der Waals surface area (Å²) in [6.07, 6.45) is 0.366. The van der Waals surface area contributed by atoms with Crippen molar-refractivity contribution < 1.29 is 19.4 Å². The number of ether oxygens (including phenoxy) is 1. The van der Waals surface area contributed by atoms with E-state index >= 15 is 0 Å². The first kappa shape index (κ1) is 14.5. The van der Waals surface area contributed by atoms with Crippen molar-refractivity contribution in [3.63, 3.8) is 0 Å². The van der Waals surface area contributed by atoms with Gasteiger partial charge in [0.2, 0.25) is 0 Å². The summed E-state index contributed by atoms with van der Waals surface area (Å²) in [5, 5.41) is 12.0. The molecule has 0 saturated heterocycles. The second kappa shape index (κ2) is 5.25. The van der Waals surface area contributed by atoms with Crippen molar-refractivity contribution in [3.8, 4) is 0 Å². The van der Waals surface area contributed by atoms with Gasteiger partial charge in [-0.15, -0.1) is 0 Å². The van der Waals surface area contributed by atoms with E-state index in [9.17, 15) is 14.7 Å². The van der Waals surface area contributed by atoms with Gasteiger partial charge in [-0.3, -0.25) is 10.1 Å². The molecule has 1 aromatic carbocycles. The molecule has 0 bridgehead atoms. The lowest BCUT2D eigenvalue weighted by atomic mass is 9.90. The zero-order valence-electron chi connectivity index (χ0n) is 11.8. The maximum atomic E-state index is 12.3. The Hall–Kier alpha value is -1.88. The van der Waals surface area contributed by atoms with Gasteiger partial charge in [0.1, 0.15) is 17.7 Å². The average molecular weight is 277 g/mol. The molecule has 0 aliphatic carbocycles. The molecule has 5 nitrogen and oxygen atoms in total. The molecule has 5 heteroatoms. The minimum atomic E-state index is -0.965. The molecule has 2 atom stereocenters. The molecule has 2 N–H and O–H groups in total. The Morgan fingerprint density at radius 3 is 2.55 bits per heavy atom. The van der Waals surface area contributed by atoms with Crippen LogP contribution in [-0.4, -0.2) is 28.7 Å². The van der Waals surface area contributed by atoms with Crippen LogP contribution in [-0.2, 0) is 20.7 Å². The van der Waals surface area contributed by atoms with Crippen molar-refractivity contribution in [2.75, 3.05) is 0 Å². The quantitative estimate of drug-likeness (QED) is 0.804. The number of benzene rings is 1. The molecule has 1 aliphatic rings. The molecular weight excluding hydrogens is 258 g/mol. The van der Waals surface area contributed by atoms with Crippen LogP contribution in [0.2, 0.25) is 0 Å². The number of carboxylic acids is 1. The summed E-state index contributed by atoms with van der Waals surface area (Å²) in [4.78, 5) is 23.5. The fourth-order valence-corrected chi connectivity index (χ4v) is 2.29. The number of aliphatic carboxylic acids is 1. The number of carbonyl (C=O) groups excluding carboxylic acids is 1. The Balaban J connectivity index is 2.31. The molecule has 1 aromatic rings. The van der Waals surface area contributed by atoms with Gasteiger partial charge < -0.3 is 9.84 Å². The monoisotopic (exact) mass is 277 g/mol. The van der Waals surface area contributed by atoms with Crippen LogP contribution in [0.4, 0.5) is 0 Å². The van der Waals surface area contributed by atoms with E-state index < -0.39 is 29.6 Å². The standard InChI is InChI=1S/C15H19NO4/c1-15(2,3)20-14(19)12-10-7-5-4-6-9(10)8-11(16-12)13(17)18/h4-7,11-12,16H,8H2,1-3H3,(H,17,18)/t11?,12-/m0/s1. The molecule has 0 spiro atoms. The van der Waals surface area contributed by atoms with Gasteiger partial charge in [0, 0.05) is 0 Å². The molecular formula is C15H19NO4. The van der Waals surface area contributed by atoms with E-state index in [0.717, 1.165) is 11.1 Å². The van der Waals surface area contributed by atoms with E-state index in [0.29, 0.717) is 6.42 Å². The molecule has 108 valence electrons. The van der Waals surface area contributed by atoms with Crippen LogP contribution in [0.1, 0.15) is 37.9 Å². The second-order valence-corrected chi connectivity index (χ2v) is 5.93. The van der Waals surface area contributed by atoms with Crippen molar-refractivity contribution >= 4 is 11.9 Å². The van der Waals surface area contributed by atoms with Gasteiger partial charge in [-0.25, -0.2) is 4.79 Å². The molecule has 0 saturated carbocycles. The van der Waals surface area contributed by atoms with Crippen molar-refractivity contribution in [3.05, 3.63) is 35.4 Å². The molecule has 1 heterocycles. The third kappa shape index (κ3) is 3.17. The highest BCUT2D eigenvalue weighted by atomic mass is 16.6. The number of hydrogen-bond acceptors (Lipinski definition) is 4. The van der Waals surface area contributed by atoms with E-state index in [2.05, 4.69) is 5.32 Å². The van der Waals surface area contributed by atoms with Crippen LogP contribution < -0.4 is 5.32 Å². The van der Waals surface area contributed by atoms with Gasteiger partial charge in [0.05, 0.1) is 0 Å². The number of carboxylic acid groups (broad SMARTS) is 1. The van der Waals surface area contributed by atoms with Gasteiger partial charge in [0.25, 0.3) is 0 Å². The predicted molar refractivity (Wildman–Crippen MR) is 73.3 cm³/mol. The zero-order valence-corrected chi connectivity index (χ0v) is 11.8. The first-order valence-corrected chi connectivity index (χ1v) is 6.57. The number of fused-ring (bicyclic) bond motifs is 1. The Labute approximate surface area is 117 Å². The number of hydrogen-bond donors (Lipinski definition) is 2. The van der Waals surface area contributed by atoms with Gasteiger partial charge in [-0.1, -0.05) is 24.3 Å². The van der Waals surface area contributed by atoms with Crippen molar-refractivity contribution in [2.24, 2.45) is 0 Å². The highest BCUT2D eigenvalue weighted by molar-refractivity contribution is 5.82. The van der Waals surface area contributed by atoms with Crippen LogP contribution in [0.3, 0.4) is 0 Å². The first-order chi connectivity index (χ1) is 9.28. The molecule has 0 amide bonds. The summed E-state index contributed by atoms with van der Waals surface area (Å²) in [5.74, 6) is -1.41. The molecule has 0 radical (unpaired) electrons.